The highest BCUT2D eigenvalue weighted by molar-refractivity contribution is 6.68. The molecule has 2 aromatic heterocycles. The number of ether oxygens (including phenoxy) is 1. The van der Waals surface area contributed by atoms with Gasteiger partial charge in [-0.3, -0.25) is 14.8 Å². The summed E-state index contributed by atoms with van der Waals surface area (Å²) in [5.74, 6) is -0.501. The van der Waals surface area contributed by atoms with Crippen LogP contribution in [0, 0.1) is 0 Å². The number of aromatic nitrogens is 2. The number of carbonyl (C=O) groups excluding carboxylic acids is 2. The molecule has 132 valence electrons. The molecule has 0 radical (unpaired) electrons. The standard InChI is InChI=1S/C18H17ClN2O3.ClH/c1-2-3-4-5-8-14-16(17(19)22)15(9-11-21-14)24-18(23)13-7-6-10-20-12-13;/h3-4,6-7,9-12H,2,5,8H2,1H3;1H/b4-3-;. The zero-order chi connectivity index (χ0) is 17.4. The van der Waals surface area contributed by atoms with Gasteiger partial charge in [0, 0.05) is 24.7 Å². The van der Waals surface area contributed by atoms with Gasteiger partial charge in [0.25, 0.3) is 5.24 Å². The third kappa shape index (κ3) is 5.96. The molecule has 0 bridgehead atoms. The van der Waals surface area contributed by atoms with Gasteiger partial charge in [0.2, 0.25) is 0 Å². The Morgan fingerprint density at radius 2 is 2.04 bits per heavy atom. The Labute approximate surface area is 157 Å². The van der Waals surface area contributed by atoms with Gasteiger partial charge in [0.15, 0.2) is 0 Å². The van der Waals surface area contributed by atoms with Crippen LogP contribution in [0.4, 0.5) is 0 Å². The number of hydrogen-bond donors (Lipinski definition) is 0. The summed E-state index contributed by atoms with van der Waals surface area (Å²) in [5, 5.41) is -0.702. The number of carbonyl (C=O) groups is 2. The average molecular weight is 381 g/mol. The van der Waals surface area contributed by atoms with Crippen LogP contribution in [0.5, 0.6) is 5.75 Å². The van der Waals surface area contributed by atoms with Gasteiger partial charge in [0.1, 0.15) is 5.75 Å². The van der Waals surface area contributed by atoms with Gasteiger partial charge in [0.05, 0.1) is 16.8 Å². The molecule has 2 heterocycles. The largest absolute Gasteiger partial charge is 0.422 e. The molecule has 0 unspecified atom stereocenters. The number of aryl methyl sites for hydroxylation is 1. The van der Waals surface area contributed by atoms with Crippen molar-refractivity contribution in [2.75, 3.05) is 0 Å². The summed E-state index contributed by atoms with van der Waals surface area (Å²) < 4.78 is 5.32. The lowest BCUT2D eigenvalue weighted by Crippen LogP contribution is -2.12. The van der Waals surface area contributed by atoms with Crippen molar-refractivity contribution in [2.45, 2.75) is 26.2 Å². The number of hydrogen-bond acceptors (Lipinski definition) is 5. The molecule has 0 atom stereocenters. The van der Waals surface area contributed by atoms with Crippen molar-refractivity contribution in [3.63, 3.8) is 0 Å². The van der Waals surface area contributed by atoms with E-state index in [-0.39, 0.29) is 29.3 Å². The molecular formula is C18H18Cl2N2O3. The Kier molecular flexibility index (Phi) is 8.81. The van der Waals surface area contributed by atoms with E-state index >= 15 is 0 Å². The van der Waals surface area contributed by atoms with Gasteiger partial charge in [-0.2, -0.15) is 0 Å². The van der Waals surface area contributed by atoms with Crippen LogP contribution in [0.3, 0.4) is 0 Å². The zero-order valence-electron chi connectivity index (χ0n) is 13.6. The first-order valence-electron chi connectivity index (χ1n) is 7.58. The van der Waals surface area contributed by atoms with Crippen LogP contribution in [0.25, 0.3) is 0 Å². The first-order chi connectivity index (χ1) is 11.6. The average Bonchev–Trinajstić information content (AvgIpc) is 2.59. The maximum atomic E-state index is 12.2. The second-order valence-corrected chi connectivity index (χ2v) is 5.30. The summed E-state index contributed by atoms with van der Waals surface area (Å²) in [5.41, 5.74) is 0.920. The maximum absolute atomic E-state index is 12.2. The van der Waals surface area contributed by atoms with Crippen LogP contribution in [0.15, 0.2) is 48.9 Å². The molecule has 0 aliphatic rings. The smallest absolute Gasteiger partial charge is 0.345 e. The van der Waals surface area contributed by atoms with Crippen molar-refractivity contribution in [1.82, 2.24) is 9.97 Å². The van der Waals surface area contributed by atoms with Gasteiger partial charge >= 0.3 is 5.97 Å². The summed E-state index contributed by atoms with van der Waals surface area (Å²) in [6.45, 7) is 2.04. The van der Waals surface area contributed by atoms with E-state index in [1.54, 1.807) is 18.3 Å². The van der Waals surface area contributed by atoms with Gasteiger partial charge < -0.3 is 4.74 Å². The minimum Gasteiger partial charge on any atom is -0.422 e. The molecule has 25 heavy (non-hydrogen) atoms. The molecule has 7 heteroatoms. The highest BCUT2D eigenvalue weighted by Crippen LogP contribution is 2.25. The minimum absolute atomic E-state index is 0. The zero-order valence-corrected chi connectivity index (χ0v) is 15.2. The Balaban J connectivity index is 0.00000312. The lowest BCUT2D eigenvalue weighted by molar-refractivity contribution is 0.0732. The molecule has 0 saturated heterocycles. The molecule has 0 spiro atoms. The number of esters is 1. The Morgan fingerprint density at radius 1 is 1.24 bits per heavy atom. The molecule has 2 aromatic rings. The van der Waals surface area contributed by atoms with Gasteiger partial charge in [-0.15, -0.1) is 12.4 Å². The van der Waals surface area contributed by atoms with Gasteiger partial charge in [-0.05, 0) is 43.0 Å². The molecule has 5 nitrogen and oxygen atoms in total. The molecule has 0 fully saturated rings. The molecule has 0 aliphatic heterocycles. The number of rotatable bonds is 7. The molecule has 0 amide bonds. The maximum Gasteiger partial charge on any atom is 0.345 e. The summed E-state index contributed by atoms with van der Waals surface area (Å²) in [6, 6.07) is 4.66. The first-order valence-corrected chi connectivity index (χ1v) is 7.96. The highest BCUT2D eigenvalue weighted by Gasteiger charge is 2.19. The molecule has 0 aliphatic carbocycles. The fraction of sp³-hybridized carbons (Fsp3) is 0.222. The normalized spacial score (nSPS) is 10.3. The van der Waals surface area contributed by atoms with Gasteiger partial charge in [-0.25, -0.2) is 4.79 Å². The molecule has 0 saturated carbocycles. The third-order valence-corrected chi connectivity index (χ3v) is 3.43. The predicted molar refractivity (Wildman–Crippen MR) is 98.6 cm³/mol. The number of allylic oxidation sites excluding steroid dienone is 2. The molecule has 0 aromatic carbocycles. The second kappa shape index (κ2) is 10.6. The van der Waals surface area contributed by atoms with Crippen LogP contribution < -0.4 is 4.74 Å². The van der Waals surface area contributed by atoms with Crippen molar-refractivity contribution in [2.24, 2.45) is 0 Å². The molecule has 0 N–H and O–H groups in total. The predicted octanol–water partition coefficient (Wildman–Crippen LogP) is 4.40. The first kappa shape index (κ1) is 20.8. The third-order valence-electron chi connectivity index (χ3n) is 3.24. The van der Waals surface area contributed by atoms with E-state index in [1.807, 2.05) is 19.1 Å². The monoisotopic (exact) mass is 380 g/mol. The van der Waals surface area contributed by atoms with E-state index < -0.39 is 11.2 Å². The summed E-state index contributed by atoms with van der Waals surface area (Å²) in [7, 11) is 0. The topological polar surface area (TPSA) is 69.2 Å². The van der Waals surface area contributed by atoms with E-state index in [9.17, 15) is 9.59 Å². The van der Waals surface area contributed by atoms with Crippen molar-refractivity contribution in [1.29, 1.82) is 0 Å². The fourth-order valence-electron chi connectivity index (χ4n) is 2.12. The second-order valence-electron chi connectivity index (χ2n) is 4.95. The number of pyridine rings is 2. The van der Waals surface area contributed by atoms with E-state index in [0.717, 1.165) is 12.8 Å². The highest BCUT2D eigenvalue weighted by atomic mass is 35.5. The summed E-state index contributed by atoms with van der Waals surface area (Å²) in [4.78, 5) is 32.0. The van der Waals surface area contributed by atoms with Gasteiger partial charge in [-0.1, -0.05) is 19.1 Å². The fourth-order valence-corrected chi connectivity index (χ4v) is 2.32. The lowest BCUT2D eigenvalue weighted by atomic mass is 10.1. The molecule has 2 rings (SSSR count). The van der Waals surface area contributed by atoms with Crippen molar-refractivity contribution >= 4 is 35.2 Å². The van der Waals surface area contributed by atoms with E-state index in [2.05, 4.69) is 9.97 Å². The van der Waals surface area contributed by atoms with Crippen LogP contribution in [0.1, 0.15) is 46.2 Å². The van der Waals surface area contributed by atoms with Crippen molar-refractivity contribution in [3.8, 4) is 5.75 Å². The van der Waals surface area contributed by atoms with Crippen molar-refractivity contribution < 1.29 is 14.3 Å². The Hall–Kier alpha value is -2.24. The number of nitrogens with zero attached hydrogens (tertiary/aromatic N) is 2. The summed E-state index contributed by atoms with van der Waals surface area (Å²) in [6.07, 6.45) is 10.7. The van der Waals surface area contributed by atoms with E-state index in [0.29, 0.717) is 12.1 Å². The molecular weight excluding hydrogens is 363 g/mol. The van der Waals surface area contributed by atoms with Crippen LogP contribution >= 0.6 is 24.0 Å². The van der Waals surface area contributed by atoms with Crippen LogP contribution in [-0.2, 0) is 6.42 Å². The SMILES string of the molecule is CC/C=C\CCc1nccc(OC(=O)c2cccnc2)c1C(=O)Cl.Cl. The van der Waals surface area contributed by atoms with Crippen LogP contribution in [0.2, 0.25) is 0 Å². The number of halogens is 2. The van der Waals surface area contributed by atoms with Crippen LogP contribution in [-0.4, -0.2) is 21.2 Å². The lowest BCUT2D eigenvalue weighted by Gasteiger charge is -2.10. The van der Waals surface area contributed by atoms with E-state index in [4.69, 9.17) is 16.3 Å². The quantitative estimate of drug-likeness (QED) is 0.404. The Bertz CT molecular complexity index is 749. The minimum atomic E-state index is -0.702. The Morgan fingerprint density at radius 3 is 2.68 bits per heavy atom. The summed E-state index contributed by atoms with van der Waals surface area (Å²) >= 11 is 5.68. The van der Waals surface area contributed by atoms with E-state index in [1.165, 1.54) is 18.5 Å². The van der Waals surface area contributed by atoms with Crippen molar-refractivity contribution in [3.05, 3.63) is 65.8 Å².